The van der Waals surface area contributed by atoms with Crippen molar-refractivity contribution in [1.29, 1.82) is 0 Å². The summed E-state index contributed by atoms with van der Waals surface area (Å²) < 4.78 is 68.5. The number of nitrogens with one attached hydrogen (secondary N) is 1. The van der Waals surface area contributed by atoms with E-state index in [0.29, 0.717) is 5.69 Å². The Morgan fingerprint density at radius 3 is 2.55 bits per heavy atom. The number of aromatic nitrogens is 3. The van der Waals surface area contributed by atoms with E-state index in [2.05, 4.69) is 24.5 Å². The van der Waals surface area contributed by atoms with Crippen LogP contribution in [0.1, 0.15) is 0 Å². The molecule has 172 valence electrons. The third-order valence-corrected chi connectivity index (χ3v) is 6.71. The number of hydrogen-bond donors (Lipinski definition) is 4. The summed E-state index contributed by atoms with van der Waals surface area (Å²) in [6.07, 6.45) is 0. The zero-order valence-electron chi connectivity index (χ0n) is 16.0. The van der Waals surface area contributed by atoms with Gasteiger partial charge in [-0.2, -0.15) is 23.4 Å². The molecule has 1 heterocycles. The Morgan fingerprint density at radius 1 is 1.23 bits per heavy atom. The number of halogens is 1. The number of nitrogen functional groups attached to an aromatic ring is 1. The van der Waals surface area contributed by atoms with Crippen molar-refractivity contribution in [2.24, 2.45) is 0 Å². The van der Waals surface area contributed by atoms with E-state index in [-0.39, 0.29) is 59.8 Å². The summed E-state index contributed by atoms with van der Waals surface area (Å²) >= 11 is 6.02. The Kier molecular flexibility index (Phi) is 8.64. The molecule has 1 aromatic heterocycles. The van der Waals surface area contributed by atoms with Crippen molar-refractivity contribution in [3.8, 4) is 0 Å². The Morgan fingerprint density at radius 2 is 1.94 bits per heavy atom. The van der Waals surface area contributed by atoms with Crippen LogP contribution in [-0.2, 0) is 24.1 Å². The second kappa shape index (κ2) is 10.6. The van der Waals surface area contributed by atoms with Crippen LogP contribution >= 0.6 is 23.9 Å². The van der Waals surface area contributed by atoms with Crippen LogP contribution in [0.4, 0.5) is 23.3 Å². The van der Waals surface area contributed by atoms with E-state index in [1.807, 2.05) is 0 Å². The summed E-state index contributed by atoms with van der Waals surface area (Å²) in [5.41, 5.74) is 5.76. The van der Waals surface area contributed by atoms with Crippen molar-refractivity contribution in [3.63, 3.8) is 0 Å². The number of nitrogens with two attached hydrogens (primary N) is 1. The second-order valence-electron chi connectivity index (χ2n) is 6.05. The van der Waals surface area contributed by atoms with E-state index in [4.69, 9.17) is 26.4 Å². The molecule has 13 nitrogen and oxygen atoms in total. The van der Waals surface area contributed by atoms with Crippen LogP contribution in [0.15, 0.2) is 23.1 Å². The average Bonchev–Trinajstić information content (AvgIpc) is 2.65. The van der Waals surface area contributed by atoms with E-state index in [9.17, 15) is 16.8 Å². The van der Waals surface area contributed by atoms with Crippen LogP contribution in [0.5, 0.6) is 0 Å². The van der Waals surface area contributed by atoms with Crippen LogP contribution in [-0.4, -0.2) is 72.6 Å². The van der Waals surface area contributed by atoms with Gasteiger partial charge in [-0.1, -0.05) is 0 Å². The molecule has 31 heavy (non-hydrogen) atoms. The van der Waals surface area contributed by atoms with Crippen LogP contribution in [0.2, 0.25) is 5.28 Å². The summed E-state index contributed by atoms with van der Waals surface area (Å²) in [5, 5.41) is 2.61. The van der Waals surface area contributed by atoms with Crippen molar-refractivity contribution in [2.45, 2.75) is 4.90 Å². The molecule has 0 atom stereocenters. The molecule has 0 fully saturated rings. The highest BCUT2D eigenvalue weighted by Crippen LogP contribution is 2.24. The first-order chi connectivity index (χ1) is 14.4. The molecule has 0 radical (unpaired) electrons. The van der Waals surface area contributed by atoms with Gasteiger partial charge in [0.05, 0.1) is 23.8 Å². The van der Waals surface area contributed by atoms with E-state index >= 15 is 0 Å². The average molecular weight is 515 g/mol. The number of nitrogens with zero attached hydrogens (tertiary/aromatic N) is 4. The molecule has 0 spiro atoms. The topological polar surface area (TPSA) is 198 Å². The molecule has 0 saturated heterocycles. The van der Waals surface area contributed by atoms with E-state index in [1.165, 1.54) is 17.0 Å². The standard InChI is InChI=1S/C14H19ClN6O7S3/c1-21(4-6-30(23,24)7-5-28-29-22)14-19-12(15)18-13(20-14)17-9-2-3-11(10(16)8-9)31(25,26)27/h2-3,8,22H,4-7,16H2,1H3,(H,25,26,27)(H,17,18,19,20). The van der Waals surface area contributed by atoms with Gasteiger partial charge >= 0.3 is 0 Å². The van der Waals surface area contributed by atoms with Crippen molar-refractivity contribution >= 4 is 67.2 Å². The summed E-state index contributed by atoms with van der Waals surface area (Å²) in [7, 11) is -6.35. The fourth-order valence-electron chi connectivity index (χ4n) is 2.23. The Hall–Kier alpha value is -1.95. The summed E-state index contributed by atoms with van der Waals surface area (Å²) in [5.74, 6) is -0.400. The van der Waals surface area contributed by atoms with Gasteiger partial charge in [0.1, 0.15) is 4.90 Å². The molecule has 0 aliphatic rings. The first-order valence-corrected chi connectivity index (χ1v) is 12.7. The highest BCUT2D eigenvalue weighted by Gasteiger charge is 2.17. The molecule has 0 saturated carbocycles. The molecule has 2 aromatic rings. The van der Waals surface area contributed by atoms with Crippen LogP contribution in [0.25, 0.3) is 0 Å². The third kappa shape index (κ3) is 7.91. The number of anilines is 4. The lowest BCUT2D eigenvalue weighted by atomic mass is 10.3. The molecule has 0 unspecified atom stereocenters. The van der Waals surface area contributed by atoms with Gasteiger partial charge in [-0.25, -0.2) is 8.42 Å². The SMILES string of the molecule is CN(CCS(=O)(=O)CCOSO)c1nc(Cl)nc(Nc2ccc(S(=O)(=O)O)c(N)c2)n1. The maximum absolute atomic E-state index is 12.0. The predicted octanol–water partition coefficient (Wildman–Crippen LogP) is 1.09. The summed E-state index contributed by atoms with van der Waals surface area (Å²) in [6, 6.07) is 3.69. The minimum absolute atomic E-state index is 0.00270. The number of sulfone groups is 1. The van der Waals surface area contributed by atoms with Gasteiger partial charge in [0, 0.05) is 19.3 Å². The van der Waals surface area contributed by atoms with E-state index in [0.717, 1.165) is 6.07 Å². The van der Waals surface area contributed by atoms with Gasteiger partial charge in [0.15, 0.2) is 22.2 Å². The Bertz CT molecular complexity index is 1130. The molecule has 2 rings (SSSR count). The molecule has 0 aliphatic heterocycles. The third-order valence-electron chi connectivity index (χ3n) is 3.75. The van der Waals surface area contributed by atoms with Gasteiger partial charge in [-0.15, -0.1) is 0 Å². The molecular weight excluding hydrogens is 496 g/mol. The van der Waals surface area contributed by atoms with Crippen LogP contribution < -0.4 is 16.0 Å². The van der Waals surface area contributed by atoms with Gasteiger partial charge in [-0.3, -0.25) is 8.74 Å². The van der Waals surface area contributed by atoms with E-state index in [1.54, 1.807) is 7.05 Å². The fourth-order valence-corrected chi connectivity index (χ4v) is 4.34. The maximum Gasteiger partial charge on any atom is 0.296 e. The van der Waals surface area contributed by atoms with Crippen molar-refractivity contribution in [3.05, 3.63) is 23.5 Å². The van der Waals surface area contributed by atoms with Gasteiger partial charge in [0.25, 0.3) is 10.1 Å². The minimum Gasteiger partial charge on any atom is -0.398 e. The minimum atomic E-state index is -4.47. The second-order valence-corrected chi connectivity index (χ2v) is 10.5. The number of hydrogen-bond acceptors (Lipinski definition) is 13. The molecule has 1 aromatic carbocycles. The van der Waals surface area contributed by atoms with Gasteiger partial charge in [-0.05, 0) is 29.8 Å². The first-order valence-electron chi connectivity index (χ1n) is 8.31. The van der Waals surface area contributed by atoms with E-state index < -0.39 is 24.9 Å². The highest BCUT2D eigenvalue weighted by molar-refractivity contribution is 7.91. The molecule has 17 heteroatoms. The lowest BCUT2D eigenvalue weighted by Crippen LogP contribution is -2.29. The lowest BCUT2D eigenvalue weighted by Gasteiger charge is -2.17. The number of benzene rings is 1. The quantitative estimate of drug-likeness (QED) is 0.144. The van der Waals surface area contributed by atoms with Gasteiger partial charge in [0.2, 0.25) is 17.2 Å². The molecular formula is C14H19ClN6O7S3. The Balaban J connectivity index is 2.12. The largest absolute Gasteiger partial charge is 0.398 e. The van der Waals surface area contributed by atoms with Crippen molar-refractivity contribution in [1.82, 2.24) is 15.0 Å². The van der Waals surface area contributed by atoms with Gasteiger partial charge < -0.3 is 20.5 Å². The van der Waals surface area contributed by atoms with Crippen LogP contribution in [0.3, 0.4) is 0 Å². The summed E-state index contributed by atoms with van der Waals surface area (Å²) in [4.78, 5) is 13.0. The zero-order chi connectivity index (χ0) is 23.2. The van der Waals surface area contributed by atoms with Crippen molar-refractivity contribution in [2.75, 3.05) is 47.7 Å². The number of rotatable bonds is 11. The first kappa shape index (κ1) is 25.3. The molecule has 0 aliphatic carbocycles. The molecule has 0 bridgehead atoms. The Labute approximate surface area is 188 Å². The zero-order valence-corrected chi connectivity index (χ0v) is 19.2. The normalized spacial score (nSPS) is 12.0. The predicted molar refractivity (Wildman–Crippen MR) is 117 cm³/mol. The van der Waals surface area contributed by atoms with Crippen LogP contribution in [0, 0.1) is 0 Å². The lowest BCUT2D eigenvalue weighted by molar-refractivity contribution is 0.367. The fraction of sp³-hybridized carbons (Fsp3) is 0.357. The smallest absolute Gasteiger partial charge is 0.296 e. The molecule has 0 amide bonds. The summed E-state index contributed by atoms with van der Waals surface area (Å²) in [6.45, 7) is -0.108. The van der Waals surface area contributed by atoms with Crippen molar-refractivity contribution < 1.29 is 30.1 Å². The molecule has 5 N–H and O–H groups in total. The maximum atomic E-state index is 12.0. The highest BCUT2D eigenvalue weighted by atomic mass is 35.5. The monoisotopic (exact) mass is 514 g/mol.